The number of rotatable bonds is 8. The van der Waals surface area contributed by atoms with Crippen LogP contribution in [0.15, 0.2) is 61.2 Å². The third kappa shape index (κ3) is 5.28. The second-order valence-corrected chi connectivity index (χ2v) is 8.69. The fraction of sp³-hybridized carbons (Fsp3) is 0.407. The van der Waals surface area contributed by atoms with Gasteiger partial charge in [-0.25, -0.2) is 0 Å². The van der Waals surface area contributed by atoms with Crippen LogP contribution in [0.1, 0.15) is 42.4 Å². The van der Waals surface area contributed by atoms with Crippen molar-refractivity contribution in [3.05, 3.63) is 77.9 Å². The molecule has 2 amide bonds. The Kier molecular flexibility index (Phi) is 7.86. The highest BCUT2D eigenvalue weighted by molar-refractivity contribution is 6.01. The van der Waals surface area contributed by atoms with Crippen LogP contribution in [0.3, 0.4) is 0 Å². The van der Waals surface area contributed by atoms with E-state index in [1.54, 1.807) is 18.1 Å². The number of carbonyl (C=O) groups is 2. The fourth-order valence-electron chi connectivity index (χ4n) is 4.59. The Morgan fingerprint density at radius 2 is 1.84 bits per heavy atom. The maximum Gasteiger partial charge on any atom is 0.250 e. The second-order valence-electron chi connectivity index (χ2n) is 8.69. The van der Waals surface area contributed by atoms with Crippen molar-refractivity contribution in [2.24, 2.45) is 0 Å². The summed E-state index contributed by atoms with van der Waals surface area (Å²) in [6.45, 7) is 8.23. The number of amides is 2. The number of methoxy groups -OCH3 is 1. The van der Waals surface area contributed by atoms with Gasteiger partial charge in [-0.1, -0.05) is 48.0 Å². The van der Waals surface area contributed by atoms with Crippen LogP contribution >= 0.6 is 0 Å². The molecule has 0 unspecified atom stereocenters. The minimum Gasteiger partial charge on any atom is -0.381 e. The summed E-state index contributed by atoms with van der Waals surface area (Å²) in [5, 5.41) is 3.06. The number of hydrogen-bond acceptors (Lipinski definition) is 3. The van der Waals surface area contributed by atoms with Crippen LogP contribution < -0.4 is 5.32 Å². The lowest BCUT2D eigenvalue weighted by molar-refractivity contribution is -0.148. The molecule has 1 saturated carbocycles. The smallest absolute Gasteiger partial charge is 0.250 e. The summed E-state index contributed by atoms with van der Waals surface area (Å²) in [6.07, 6.45) is 4.63. The Balaban J connectivity index is 1.93. The van der Waals surface area contributed by atoms with Gasteiger partial charge in [-0.15, -0.1) is 6.58 Å². The highest BCUT2D eigenvalue weighted by Crippen LogP contribution is 2.37. The number of carbonyl (C=O) groups excluding carboxylic acids is 2. The van der Waals surface area contributed by atoms with Gasteiger partial charge in [0.05, 0.1) is 12.5 Å². The molecule has 1 aliphatic carbocycles. The van der Waals surface area contributed by atoms with E-state index < -0.39 is 5.54 Å². The molecule has 0 aromatic heterocycles. The molecule has 1 N–H and O–H groups in total. The van der Waals surface area contributed by atoms with Crippen molar-refractivity contribution in [3.8, 4) is 0 Å². The van der Waals surface area contributed by atoms with E-state index in [1.165, 1.54) is 0 Å². The van der Waals surface area contributed by atoms with Crippen molar-refractivity contribution in [1.29, 1.82) is 0 Å². The first-order valence-corrected chi connectivity index (χ1v) is 11.3. The predicted molar refractivity (Wildman–Crippen MR) is 129 cm³/mol. The van der Waals surface area contributed by atoms with Crippen molar-refractivity contribution in [2.45, 2.75) is 57.6 Å². The van der Waals surface area contributed by atoms with E-state index in [0.717, 1.165) is 35.2 Å². The molecule has 0 aliphatic heterocycles. The molecule has 5 heteroatoms. The van der Waals surface area contributed by atoms with E-state index in [4.69, 9.17) is 4.74 Å². The Labute approximate surface area is 191 Å². The van der Waals surface area contributed by atoms with E-state index in [1.807, 2.05) is 56.3 Å². The topological polar surface area (TPSA) is 58.6 Å². The molecule has 32 heavy (non-hydrogen) atoms. The van der Waals surface area contributed by atoms with E-state index in [2.05, 4.69) is 18.0 Å². The number of para-hydroxylation sites is 1. The quantitative estimate of drug-likeness (QED) is 0.606. The van der Waals surface area contributed by atoms with Crippen molar-refractivity contribution in [3.63, 3.8) is 0 Å². The fourth-order valence-corrected chi connectivity index (χ4v) is 4.59. The zero-order valence-electron chi connectivity index (χ0n) is 19.4. The van der Waals surface area contributed by atoms with Gasteiger partial charge in [-0.05, 0) is 62.8 Å². The molecule has 1 fully saturated rings. The van der Waals surface area contributed by atoms with E-state index in [0.29, 0.717) is 19.4 Å². The van der Waals surface area contributed by atoms with Gasteiger partial charge in [0, 0.05) is 19.3 Å². The molecule has 0 atom stereocenters. The Hall–Kier alpha value is -2.92. The van der Waals surface area contributed by atoms with E-state index in [9.17, 15) is 9.59 Å². The third-order valence-corrected chi connectivity index (χ3v) is 6.52. The number of ether oxygens (including phenoxy) is 1. The first-order valence-electron chi connectivity index (χ1n) is 11.3. The summed E-state index contributed by atoms with van der Waals surface area (Å²) in [5.41, 5.74) is 2.98. The van der Waals surface area contributed by atoms with Gasteiger partial charge >= 0.3 is 0 Å². The first-order chi connectivity index (χ1) is 15.4. The normalized spacial score (nSPS) is 20.4. The summed E-state index contributed by atoms with van der Waals surface area (Å²) in [4.78, 5) is 29.1. The number of hydrogen-bond donors (Lipinski definition) is 1. The highest BCUT2D eigenvalue weighted by atomic mass is 16.5. The standard InChI is InChI=1S/C27H34N2O3/c1-5-17-29(25(30)19-22-18-20(2)11-12-21(22)3)27(15-13-24(32-4)14-16-27)26(31)28-23-9-7-6-8-10-23/h5-12,18,24H,1,13-17,19H2,2-4H3,(H,28,31). The van der Waals surface area contributed by atoms with E-state index >= 15 is 0 Å². The number of anilines is 1. The second kappa shape index (κ2) is 10.6. The maximum atomic E-state index is 13.7. The molecule has 0 heterocycles. The number of aryl methyl sites for hydroxylation is 2. The average molecular weight is 435 g/mol. The number of nitrogens with one attached hydrogen (secondary N) is 1. The third-order valence-electron chi connectivity index (χ3n) is 6.52. The van der Waals surface area contributed by atoms with Gasteiger partial charge in [-0.2, -0.15) is 0 Å². The minimum absolute atomic E-state index is 0.0577. The number of nitrogens with zero attached hydrogens (tertiary/aromatic N) is 1. The SMILES string of the molecule is C=CCN(C(=O)Cc1cc(C)ccc1C)C1(C(=O)Nc2ccccc2)CCC(OC)CC1. The van der Waals surface area contributed by atoms with Crippen LogP contribution in [-0.2, 0) is 20.7 Å². The Bertz CT molecular complexity index is 947. The molecule has 2 aromatic rings. The summed E-state index contributed by atoms with van der Waals surface area (Å²) in [7, 11) is 1.70. The van der Waals surface area contributed by atoms with Gasteiger partial charge in [0.25, 0.3) is 0 Å². The Morgan fingerprint density at radius 1 is 1.16 bits per heavy atom. The van der Waals surface area contributed by atoms with Gasteiger partial charge in [0.15, 0.2) is 0 Å². The highest BCUT2D eigenvalue weighted by Gasteiger charge is 2.48. The Morgan fingerprint density at radius 3 is 2.47 bits per heavy atom. The van der Waals surface area contributed by atoms with Gasteiger partial charge < -0.3 is 15.0 Å². The molecular formula is C27H34N2O3. The molecule has 3 rings (SSSR count). The molecule has 2 aromatic carbocycles. The maximum absolute atomic E-state index is 13.7. The van der Waals surface area contributed by atoms with Gasteiger partial charge in [0.2, 0.25) is 11.8 Å². The zero-order valence-corrected chi connectivity index (χ0v) is 19.4. The molecule has 0 spiro atoms. The van der Waals surface area contributed by atoms with Crippen LogP contribution in [0.25, 0.3) is 0 Å². The van der Waals surface area contributed by atoms with E-state index in [-0.39, 0.29) is 24.3 Å². The van der Waals surface area contributed by atoms with Crippen LogP contribution in [0, 0.1) is 13.8 Å². The summed E-state index contributed by atoms with van der Waals surface area (Å²) < 4.78 is 5.55. The molecule has 170 valence electrons. The minimum atomic E-state index is -0.937. The van der Waals surface area contributed by atoms with Crippen LogP contribution in [0.4, 0.5) is 5.69 Å². The zero-order chi connectivity index (χ0) is 23.1. The monoisotopic (exact) mass is 434 g/mol. The van der Waals surface area contributed by atoms with Crippen molar-refractivity contribution in [1.82, 2.24) is 4.90 Å². The first kappa shape index (κ1) is 23.7. The lowest BCUT2D eigenvalue weighted by Crippen LogP contribution is -2.61. The lowest BCUT2D eigenvalue weighted by atomic mass is 9.77. The molecular weight excluding hydrogens is 400 g/mol. The number of benzene rings is 2. The molecule has 0 bridgehead atoms. The summed E-state index contributed by atoms with van der Waals surface area (Å²) in [6, 6.07) is 15.5. The van der Waals surface area contributed by atoms with Crippen molar-refractivity contribution in [2.75, 3.05) is 19.0 Å². The average Bonchev–Trinajstić information content (AvgIpc) is 2.80. The van der Waals surface area contributed by atoms with Gasteiger partial charge in [-0.3, -0.25) is 9.59 Å². The van der Waals surface area contributed by atoms with Crippen LogP contribution in [-0.4, -0.2) is 42.0 Å². The van der Waals surface area contributed by atoms with Crippen LogP contribution in [0.2, 0.25) is 0 Å². The summed E-state index contributed by atoms with van der Waals surface area (Å²) in [5.74, 6) is -0.202. The largest absolute Gasteiger partial charge is 0.381 e. The molecule has 5 nitrogen and oxygen atoms in total. The molecule has 0 radical (unpaired) electrons. The van der Waals surface area contributed by atoms with Crippen LogP contribution in [0.5, 0.6) is 0 Å². The lowest BCUT2D eigenvalue weighted by Gasteiger charge is -2.46. The summed E-state index contributed by atoms with van der Waals surface area (Å²) >= 11 is 0. The predicted octanol–water partition coefficient (Wildman–Crippen LogP) is 4.83. The van der Waals surface area contributed by atoms with Crippen molar-refractivity contribution < 1.29 is 14.3 Å². The molecule has 0 saturated heterocycles. The molecule has 1 aliphatic rings. The van der Waals surface area contributed by atoms with Gasteiger partial charge in [0.1, 0.15) is 5.54 Å². The van der Waals surface area contributed by atoms with Crippen molar-refractivity contribution >= 4 is 17.5 Å².